The van der Waals surface area contributed by atoms with Crippen LogP contribution in [-0.4, -0.2) is 22.5 Å². The van der Waals surface area contributed by atoms with E-state index >= 15 is 0 Å². The highest BCUT2D eigenvalue weighted by atomic mass is 35.5. The van der Waals surface area contributed by atoms with Gasteiger partial charge in [-0.25, -0.2) is 4.99 Å². The summed E-state index contributed by atoms with van der Waals surface area (Å²) in [5, 5.41) is 12.6. The minimum atomic E-state index is -0.297. The quantitative estimate of drug-likeness (QED) is 0.651. The van der Waals surface area contributed by atoms with E-state index in [-0.39, 0.29) is 28.2 Å². The molecule has 0 unspecified atom stereocenters. The van der Waals surface area contributed by atoms with Crippen molar-refractivity contribution >= 4 is 40.4 Å². The summed E-state index contributed by atoms with van der Waals surface area (Å²) in [6.45, 7) is 3.12. The van der Waals surface area contributed by atoms with Gasteiger partial charge in [0.15, 0.2) is 5.78 Å². The van der Waals surface area contributed by atoms with Gasteiger partial charge in [0.1, 0.15) is 5.75 Å². The molecule has 2 N–H and O–H groups in total. The average molecular weight is 305 g/mol. The molecule has 6 heteroatoms. The van der Waals surface area contributed by atoms with E-state index < -0.39 is 0 Å². The van der Waals surface area contributed by atoms with Gasteiger partial charge in [-0.2, -0.15) is 0 Å². The number of benzene rings is 1. The number of aliphatic imine (C=N–C) groups is 1. The minimum Gasteiger partial charge on any atom is -0.506 e. The molecule has 5 nitrogen and oxygen atoms in total. The fraction of sp³-hybridized carbons (Fsp3) is 0.133. The van der Waals surface area contributed by atoms with Crippen LogP contribution in [0, 0.1) is 6.92 Å². The molecule has 21 heavy (non-hydrogen) atoms. The Bertz CT molecular complexity index is 718. The lowest BCUT2D eigenvalue weighted by Crippen LogP contribution is -2.06. The fourth-order valence-corrected chi connectivity index (χ4v) is 2.01. The van der Waals surface area contributed by atoms with Crippen LogP contribution in [0.2, 0.25) is 0 Å². The summed E-state index contributed by atoms with van der Waals surface area (Å²) < 4.78 is 0. The fourth-order valence-electron chi connectivity index (χ4n) is 1.80. The van der Waals surface area contributed by atoms with Crippen molar-refractivity contribution in [3.05, 3.63) is 41.0 Å². The molecule has 108 valence electrons. The minimum absolute atomic E-state index is 0.0392. The Morgan fingerprint density at radius 1 is 1.33 bits per heavy atom. The lowest BCUT2D eigenvalue weighted by atomic mass is 10.1. The Balaban J connectivity index is 2.45. The number of allylic oxidation sites excluding steroid dienone is 4. The van der Waals surface area contributed by atoms with Crippen LogP contribution in [0.1, 0.15) is 12.5 Å². The van der Waals surface area contributed by atoms with Gasteiger partial charge in [-0.15, -0.1) is 0 Å². The van der Waals surface area contributed by atoms with Gasteiger partial charge in [-0.1, -0.05) is 11.6 Å². The van der Waals surface area contributed by atoms with Crippen molar-refractivity contribution in [3.63, 3.8) is 0 Å². The predicted octanol–water partition coefficient (Wildman–Crippen LogP) is 2.99. The molecule has 1 aromatic carbocycles. The molecule has 1 aliphatic rings. The Hall–Kier alpha value is -2.40. The third kappa shape index (κ3) is 3.58. The number of nitrogens with one attached hydrogen (secondary N) is 1. The van der Waals surface area contributed by atoms with E-state index in [2.05, 4.69) is 10.3 Å². The van der Waals surface area contributed by atoms with Crippen LogP contribution in [0.25, 0.3) is 0 Å². The van der Waals surface area contributed by atoms with Crippen LogP contribution in [0.3, 0.4) is 0 Å². The maximum absolute atomic E-state index is 11.2. The number of hydrogen-bond acceptors (Lipinski definition) is 4. The number of carbonyl (C=O) groups excluding carboxylic acids is 2. The zero-order valence-corrected chi connectivity index (χ0v) is 12.2. The van der Waals surface area contributed by atoms with Crippen molar-refractivity contribution < 1.29 is 14.7 Å². The number of anilines is 1. The zero-order chi connectivity index (χ0) is 15.6. The molecule has 0 atom stereocenters. The molecule has 2 rings (SSSR count). The van der Waals surface area contributed by atoms with Crippen LogP contribution in [0.4, 0.5) is 11.4 Å². The highest BCUT2D eigenvalue weighted by Gasteiger charge is 2.12. The van der Waals surface area contributed by atoms with Crippen LogP contribution in [-0.2, 0) is 9.59 Å². The van der Waals surface area contributed by atoms with E-state index in [4.69, 9.17) is 11.6 Å². The van der Waals surface area contributed by atoms with Crippen LogP contribution < -0.4 is 5.32 Å². The first-order valence-corrected chi connectivity index (χ1v) is 6.54. The summed E-state index contributed by atoms with van der Waals surface area (Å²) in [5.41, 5.74) is 1.96. The molecular weight excluding hydrogens is 292 g/mol. The Labute approximate surface area is 126 Å². The summed E-state index contributed by atoms with van der Waals surface area (Å²) in [7, 11) is 0. The maximum atomic E-state index is 11.2. The Morgan fingerprint density at radius 3 is 2.67 bits per heavy atom. The number of ketones is 1. The first-order chi connectivity index (χ1) is 9.86. The van der Waals surface area contributed by atoms with E-state index in [9.17, 15) is 14.7 Å². The van der Waals surface area contributed by atoms with Gasteiger partial charge in [0.25, 0.3) is 0 Å². The van der Waals surface area contributed by atoms with Crippen molar-refractivity contribution in [1.82, 2.24) is 0 Å². The van der Waals surface area contributed by atoms with Crippen molar-refractivity contribution in [2.75, 3.05) is 5.32 Å². The number of hydrogen-bond donors (Lipinski definition) is 2. The molecule has 0 spiro atoms. The standard InChI is InChI=1S/C15H13ClN2O3/c1-8-5-15(21)14(17-9(2)19)7-13(8)18-12-4-3-10(20)6-11(12)16/h3-7,21H,1-2H3,(H,17,19). The number of aromatic hydroxyl groups is 1. The van der Waals surface area contributed by atoms with Crippen LogP contribution in [0.15, 0.2) is 40.4 Å². The summed E-state index contributed by atoms with van der Waals surface area (Å²) >= 11 is 5.97. The molecular formula is C15H13ClN2O3. The number of carbonyl (C=O) groups is 2. The molecule has 0 bridgehead atoms. The molecule has 0 saturated carbocycles. The van der Waals surface area contributed by atoms with Gasteiger partial charge >= 0.3 is 0 Å². The molecule has 0 aliphatic heterocycles. The summed E-state index contributed by atoms with van der Waals surface area (Å²) in [6, 6.07) is 3.05. The molecule has 0 fully saturated rings. The Kier molecular flexibility index (Phi) is 4.23. The van der Waals surface area contributed by atoms with Crippen molar-refractivity contribution in [3.8, 4) is 5.75 Å². The predicted molar refractivity (Wildman–Crippen MR) is 82.3 cm³/mol. The smallest absolute Gasteiger partial charge is 0.221 e. The van der Waals surface area contributed by atoms with Crippen molar-refractivity contribution in [2.24, 2.45) is 4.99 Å². The molecule has 1 aliphatic carbocycles. The third-order valence-electron chi connectivity index (χ3n) is 2.79. The van der Waals surface area contributed by atoms with Crippen molar-refractivity contribution in [1.29, 1.82) is 0 Å². The van der Waals surface area contributed by atoms with Gasteiger partial charge in [0.2, 0.25) is 5.91 Å². The second-order valence-corrected chi connectivity index (χ2v) is 4.97. The van der Waals surface area contributed by atoms with E-state index in [1.807, 2.05) is 0 Å². The van der Waals surface area contributed by atoms with E-state index in [1.165, 1.54) is 31.2 Å². The first kappa shape index (κ1) is 15.0. The number of phenols is 1. The number of nitrogens with zero attached hydrogens (tertiary/aromatic N) is 1. The van der Waals surface area contributed by atoms with Gasteiger partial charge in [0, 0.05) is 13.0 Å². The maximum Gasteiger partial charge on any atom is 0.221 e. The highest BCUT2D eigenvalue weighted by molar-refractivity contribution is 6.48. The average Bonchev–Trinajstić information content (AvgIpc) is 2.37. The van der Waals surface area contributed by atoms with Gasteiger partial charge in [0.05, 0.1) is 22.1 Å². The van der Waals surface area contributed by atoms with Crippen LogP contribution >= 0.6 is 11.6 Å². The van der Waals surface area contributed by atoms with E-state index in [0.717, 1.165) is 0 Å². The lowest BCUT2D eigenvalue weighted by Gasteiger charge is -2.10. The number of phenolic OH excluding ortho intramolecular Hbond substituents is 1. The second kappa shape index (κ2) is 5.93. The number of amides is 1. The topological polar surface area (TPSA) is 78.8 Å². The molecule has 1 aromatic rings. The second-order valence-electron chi connectivity index (χ2n) is 4.56. The van der Waals surface area contributed by atoms with Gasteiger partial charge in [-0.05, 0) is 36.8 Å². The van der Waals surface area contributed by atoms with Crippen molar-refractivity contribution in [2.45, 2.75) is 13.8 Å². The number of aryl methyl sites for hydroxylation is 1. The summed E-state index contributed by atoms with van der Waals surface area (Å²) in [5.74, 6) is -0.531. The zero-order valence-electron chi connectivity index (χ0n) is 11.5. The first-order valence-electron chi connectivity index (χ1n) is 6.16. The molecule has 1 amide bonds. The van der Waals surface area contributed by atoms with Gasteiger partial charge < -0.3 is 10.4 Å². The Morgan fingerprint density at radius 2 is 2.05 bits per heavy atom. The monoisotopic (exact) mass is 304 g/mol. The van der Waals surface area contributed by atoms with Crippen LogP contribution in [0.5, 0.6) is 5.75 Å². The third-order valence-corrected chi connectivity index (χ3v) is 3.09. The summed E-state index contributed by atoms with van der Waals surface area (Å²) in [6.07, 6.45) is 4.18. The van der Waals surface area contributed by atoms with Gasteiger partial charge in [-0.3, -0.25) is 9.59 Å². The van der Waals surface area contributed by atoms with E-state index in [0.29, 0.717) is 17.0 Å². The highest BCUT2D eigenvalue weighted by Crippen LogP contribution is 2.32. The SMILES string of the molecule is CC(=O)Nc1cc(N=C2C=CC(=O)C=C2Cl)c(C)cc1O. The molecule has 0 radical (unpaired) electrons. The molecule has 0 aromatic heterocycles. The number of rotatable bonds is 2. The normalized spacial score (nSPS) is 16.0. The molecule has 0 heterocycles. The lowest BCUT2D eigenvalue weighted by molar-refractivity contribution is -0.114. The van der Waals surface area contributed by atoms with E-state index in [1.54, 1.807) is 13.0 Å². The number of halogens is 1. The largest absolute Gasteiger partial charge is 0.506 e. The molecule has 0 saturated heterocycles. The summed E-state index contributed by atoms with van der Waals surface area (Å²) in [4.78, 5) is 26.6.